The summed E-state index contributed by atoms with van der Waals surface area (Å²) < 4.78 is 18.7. The third-order valence-electron chi connectivity index (χ3n) is 7.83. The Morgan fingerprint density at radius 3 is 2.32 bits per heavy atom. The van der Waals surface area contributed by atoms with Crippen molar-refractivity contribution >= 4 is 17.8 Å². The van der Waals surface area contributed by atoms with Crippen LogP contribution >= 0.6 is 0 Å². The number of hydrogen-bond donors (Lipinski definition) is 2. The average molecular weight is 435 g/mol. The number of esters is 1. The lowest BCUT2D eigenvalue weighted by molar-refractivity contribution is -0.152. The molecule has 5 aliphatic rings. The van der Waals surface area contributed by atoms with Crippen LogP contribution in [0.4, 0.5) is 4.39 Å². The van der Waals surface area contributed by atoms with Gasteiger partial charge < -0.3 is 20.3 Å². The van der Waals surface area contributed by atoms with Gasteiger partial charge >= 0.3 is 5.97 Å². The predicted molar refractivity (Wildman–Crippen MR) is 108 cm³/mol. The molecule has 2 unspecified atom stereocenters. The highest BCUT2D eigenvalue weighted by Crippen LogP contribution is 2.53. The highest BCUT2D eigenvalue weighted by molar-refractivity contribution is 5.93. The van der Waals surface area contributed by atoms with Gasteiger partial charge in [-0.05, 0) is 58.3 Å². The highest BCUT2D eigenvalue weighted by Gasteiger charge is 2.58. The van der Waals surface area contributed by atoms with E-state index < -0.39 is 23.2 Å². The van der Waals surface area contributed by atoms with Gasteiger partial charge in [-0.1, -0.05) is 0 Å². The molecule has 4 aliphatic carbocycles. The smallest absolute Gasteiger partial charge is 0.331 e. The van der Waals surface area contributed by atoms with E-state index in [1.807, 2.05) is 6.07 Å². The summed E-state index contributed by atoms with van der Waals surface area (Å²) in [4.78, 5) is 39.2. The standard InChI is InChI=1S/C22H31FN4O4/c1-2-31-19(30)22(9-10-22)26-18(29)20-3-6-21(7-4-20,8-5-20)25-13-17(28)27-14-15(23)11-16(27)12-24/h15-16,25H,2-11,13-14H2,1H3,(H,26,29). The van der Waals surface area contributed by atoms with E-state index in [2.05, 4.69) is 10.6 Å². The minimum Gasteiger partial charge on any atom is -0.464 e. The number of nitrogens with one attached hydrogen (secondary N) is 2. The molecule has 2 bridgehead atoms. The Labute approximate surface area is 181 Å². The van der Waals surface area contributed by atoms with Crippen LogP contribution in [0.5, 0.6) is 0 Å². The van der Waals surface area contributed by atoms with E-state index in [-0.39, 0.29) is 42.8 Å². The van der Waals surface area contributed by atoms with Gasteiger partial charge in [0, 0.05) is 17.4 Å². The van der Waals surface area contributed by atoms with Gasteiger partial charge in [-0.3, -0.25) is 9.59 Å². The molecule has 0 aromatic carbocycles. The van der Waals surface area contributed by atoms with E-state index >= 15 is 0 Å². The summed E-state index contributed by atoms with van der Waals surface area (Å²) in [7, 11) is 0. The first-order valence-electron chi connectivity index (χ1n) is 11.4. The maximum absolute atomic E-state index is 13.6. The van der Waals surface area contributed by atoms with Crippen molar-refractivity contribution in [2.75, 3.05) is 19.7 Å². The molecule has 1 saturated heterocycles. The summed E-state index contributed by atoms with van der Waals surface area (Å²) in [6.07, 6.45) is 4.62. The van der Waals surface area contributed by atoms with Crippen molar-refractivity contribution in [1.82, 2.24) is 15.5 Å². The number of nitriles is 1. The van der Waals surface area contributed by atoms with Crippen molar-refractivity contribution < 1.29 is 23.5 Å². The fraction of sp³-hybridized carbons (Fsp3) is 0.818. The lowest BCUT2D eigenvalue weighted by Gasteiger charge is -2.53. The minimum absolute atomic E-state index is 0.0166. The van der Waals surface area contributed by atoms with Crippen LogP contribution in [0.3, 0.4) is 0 Å². The maximum atomic E-state index is 13.6. The lowest BCUT2D eigenvalue weighted by Crippen LogP contribution is -2.61. The number of likely N-dealkylation sites (tertiary alicyclic amines) is 1. The molecule has 1 heterocycles. The zero-order valence-electron chi connectivity index (χ0n) is 18.0. The Balaban J connectivity index is 1.31. The number of carbonyl (C=O) groups is 3. The summed E-state index contributed by atoms with van der Waals surface area (Å²) in [5.74, 6) is -0.634. The van der Waals surface area contributed by atoms with Crippen LogP contribution in [-0.2, 0) is 19.1 Å². The number of hydrogen-bond acceptors (Lipinski definition) is 6. The van der Waals surface area contributed by atoms with Gasteiger partial charge in [0.15, 0.2) is 0 Å². The Bertz CT molecular complexity index is 781. The largest absolute Gasteiger partial charge is 0.464 e. The predicted octanol–water partition coefficient (Wildman–Crippen LogP) is 1.34. The molecule has 2 amide bonds. The average Bonchev–Trinajstić information content (AvgIpc) is 3.46. The van der Waals surface area contributed by atoms with Gasteiger partial charge in [0.2, 0.25) is 11.8 Å². The van der Waals surface area contributed by atoms with Crippen LogP contribution in [0.2, 0.25) is 0 Å². The van der Waals surface area contributed by atoms with E-state index in [4.69, 9.17) is 10.00 Å². The molecule has 170 valence electrons. The molecule has 8 nitrogen and oxygen atoms in total. The third-order valence-corrected chi connectivity index (χ3v) is 7.83. The summed E-state index contributed by atoms with van der Waals surface area (Å²) in [5.41, 5.74) is -1.50. The molecule has 5 rings (SSSR count). The molecule has 0 aromatic rings. The number of alkyl halides is 1. The molecule has 2 N–H and O–H groups in total. The fourth-order valence-electron chi connectivity index (χ4n) is 5.46. The van der Waals surface area contributed by atoms with Gasteiger partial charge in [-0.25, -0.2) is 9.18 Å². The first-order valence-corrected chi connectivity index (χ1v) is 11.4. The molecular weight excluding hydrogens is 403 g/mol. The summed E-state index contributed by atoms with van der Waals surface area (Å²) >= 11 is 0. The van der Waals surface area contributed by atoms with Crippen molar-refractivity contribution in [3.8, 4) is 6.07 Å². The lowest BCUT2D eigenvalue weighted by atomic mass is 9.56. The molecule has 5 fully saturated rings. The minimum atomic E-state index is -1.14. The Morgan fingerprint density at radius 2 is 1.77 bits per heavy atom. The van der Waals surface area contributed by atoms with Crippen LogP contribution in [0, 0.1) is 16.7 Å². The molecule has 9 heteroatoms. The van der Waals surface area contributed by atoms with Gasteiger partial charge in [-0.15, -0.1) is 0 Å². The number of amides is 2. The number of halogens is 1. The Morgan fingerprint density at radius 1 is 1.13 bits per heavy atom. The Hall–Kier alpha value is -2.21. The van der Waals surface area contributed by atoms with E-state index in [1.165, 1.54) is 4.90 Å². The van der Waals surface area contributed by atoms with E-state index in [1.54, 1.807) is 6.92 Å². The van der Waals surface area contributed by atoms with Crippen molar-refractivity contribution in [3.05, 3.63) is 0 Å². The fourth-order valence-corrected chi connectivity index (χ4v) is 5.46. The number of ether oxygens (including phenoxy) is 1. The van der Waals surface area contributed by atoms with Crippen molar-refractivity contribution in [3.63, 3.8) is 0 Å². The number of rotatable bonds is 7. The van der Waals surface area contributed by atoms with E-state index in [9.17, 15) is 18.8 Å². The summed E-state index contributed by atoms with van der Waals surface area (Å²) in [5, 5.41) is 15.5. The van der Waals surface area contributed by atoms with Gasteiger partial charge in [-0.2, -0.15) is 5.26 Å². The molecule has 2 atom stereocenters. The van der Waals surface area contributed by atoms with Crippen molar-refractivity contribution in [1.29, 1.82) is 5.26 Å². The first kappa shape index (κ1) is 22.0. The van der Waals surface area contributed by atoms with E-state index in [0.29, 0.717) is 38.7 Å². The van der Waals surface area contributed by atoms with Crippen molar-refractivity contribution in [2.45, 2.75) is 88.0 Å². The third kappa shape index (κ3) is 4.02. The van der Waals surface area contributed by atoms with Gasteiger partial charge in [0.25, 0.3) is 0 Å². The number of carbonyl (C=O) groups excluding carboxylic acids is 3. The van der Waals surface area contributed by atoms with Crippen LogP contribution in [-0.4, -0.2) is 65.7 Å². The zero-order chi connectivity index (χ0) is 22.3. The molecule has 0 aromatic heterocycles. The van der Waals surface area contributed by atoms with Gasteiger partial charge in [0.05, 0.1) is 25.8 Å². The molecule has 1 aliphatic heterocycles. The van der Waals surface area contributed by atoms with Gasteiger partial charge in [0.1, 0.15) is 17.8 Å². The topological polar surface area (TPSA) is 112 Å². The Kier molecular flexibility index (Phi) is 5.71. The second-order valence-corrected chi connectivity index (χ2v) is 9.69. The van der Waals surface area contributed by atoms with E-state index in [0.717, 1.165) is 19.3 Å². The molecule has 31 heavy (non-hydrogen) atoms. The summed E-state index contributed by atoms with van der Waals surface area (Å²) in [6.45, 7) is 2.12. The monoisotopic (exact) mass is 434 g/mol. The summed E-state index contributed by atoms with van der Waals surface area (Å²) in [6, 6.07) is 1.32. The second-order valence-electron chi connectivity index (χ2n) is 9.69. The number of fused-ring (bicyclic) bond motifs is 3. The zero-order valence-corrected chi connectivity index (χ0v) is 18.0. The second kappa shape index (κ2) is 8.05. The SMILES string of the molecule is CCOC(=O)C1(NC(=O)C23CCC(NCC(=O)N4CC(F)CC4C#N)(CC2)CC3)CC1. The normalized spacial score (nSPS) is 35.3. The highest BCUT2D eigenvalue weighted by atomic mass is 19.1. The quantitative estimate of drug-likeness (QED) is 0.585. The van der Waals surface area contributed by atoms with Crippen LogP contribution < -0.4 is 10.6 Å². The number of nitrogens with zero attached hydrogens (tertiary/aromatic N) is 2. The maximum Gasteiger partial charge on any atom is 0.331 e. The van der Waals surface area contributed by atoms with Crippen LogP contribution in [0.25, 0.3) is 0 Å². The molecular formula is C22H31FN4O4. The van der Waals surface area contributed by atoms with Crippen LogP contribution in [0.1, 0.15) is 64.7 Å². The molecule has 0 spiro atoms. The molecule has 4 saturated carbocycles. The van der Waals surface area contributed by atoms with Crippen LogP contribution in [0.15, 0.2) is 0 Å². The molecule has 0 radical (unpaired) electrons. The first-order chi connectivity index (χ1) is 14.8. The van der Waals surface area contributed by atoms with Crippen molar-refractivity contribution in [2.24, 2.45) is 5.41 Å².